The summed E-state index contributed by atoms with van der Waals surface area (Å²) in [7, 11) is 0. The van der Waals surface area contributed by atoms with Gasteiger partial charge in [0, 0.05) is 13.0 Å². The van der Waals surface area contributed by atoms with E-state index in [4.69, 9.17) is 4.74 Å². The fourth-order valence-corrected chi connectivity index (χ4v) is 4.58. The molecule has 2 atom stereocenters. The number of quaternary nitrogens is 1. The molecule has 0 radical (unpaired) electrons. The summed E-state index contributed by atoms with van der Waals surface area (Å²) in [5.74, 6) is -0.300. The van der Waals surface area contributed by atoms with Crippen LogP contribution in [-0.2, 0) is 16.0 Å². The molecule has 148 valence electrons. The summed E-state index contributed by atoms with van der Waals surface area (Å²) >= 11 is 1.42. The van der Waals surface area contributed by atoms with E-state index in [0.717, 1.165) is 36.0 Å². The molecule has 1 saturated heterocycles. The highest BCUT2D eigenvalue weighted by atomic mass is 32.1. The van der Waals surface area contributed by atoms with Crippen LogP contribution >= 0.6 is 11.3 Å². The Morgan fingerprint density at radius 1 is 1.33 bits per heavy atom. The number of esters is 1. The predicted molar refractivity (Wildman–Crippen MR) is 110 cm³/mol. The minimum absolute atomic E-state index is 0.277. The number of benzene rings is 1. The van der Waals surface area contributed by atoms with E-state index in [0.29, 0.717) is 24.5 Å². The molecule has 3 rings (SSSR count). The van der Waals surface area contributed by atoms with Gasteiger partial charge >= 0.3 is 5.97 Å². The minimum atomic E-state index is -0.744. The summed E-state index contributed by atoms with van der Waals surface area (Å²) in [6, 6.07) is 6.23. The third-order valence-electron chi connectivity index (χ3n) is 4.85. The number of aryl methyl sites for hydroxylation is 1. The Bertz CT molecular complexity index is 794. The van der Waals surface area contributed by atoms with E-state index in [1.807, 2.05) is 13.0 Å². The molecule has 2 aromatic rings. The first-order valence-electron chi connectivity index (χ1n) is 9.90. The van der Waals surface area contributed by atoms with E-state index in [9.17, 15) is 10.0 Å². The standard InChI is InChI=1S/C20H29N3O3S/c1-4-7-15-9-10-17-16(12-15)21-20(27-17)23(25)14-22(11-6-3)13-18(23)26-19(24)8-5-2/h9-10,12,18H,4-8,11,13-14H2,1-3H3. The first-order chi connectivity index (χ1) is 13.0. The quantitative estimate of drug-likeness (QED) is 0.379. The molecule has 1 fully saturated rings. The minimum Gasteiger partial charge on any atom is -0.622 e. The molecule has 0 spiro atoms. The Labute approximate surface area is 164 Å². The summed E-state index contributed by atoms with van der Waals surface area (Å²) in [5, 5.41) is 14.3. The fraction of sp³-hybridized carbons (Fsp3) is 0.600. The number of hydrogen-bond donors (Lipinski definition) is 0. The van der Waals surface area contributed by atoms with E-state index in [1.165, 1.54) is 16.9 Å². The van der Waals surface area contributed by atoms with Crippen molar-refractivity contribution in [1.82, 2.24) is 14.5 Å². The van der Waals surface area contributed by atoms with Gasteiger partial charge in [0.15, 0.2) is 0 Å². The average molecular weight is 392 g/mol. The maximum atomic E-state index is 13.8. The van der Waals surface area contributed by atoms with Gasteiger partial charge in [-0.1, -0.05) is 44.6 Å². The number of hydrogen-bond acceptors (Lipinski definition) is 6. The van der Waals surface area contributed by atoms with Gasteiger partial charge in [-0.3, -0.25) is 9.44 Å². The van der Waals surface area contributed by atoms with Gasteiger partial charge in [0.25, 0.3) is 11.4 Å². The lowest BCUT2D eigenvalue weighted by Gasteiger charge is -2.38. The summed E-state index contributed by atoms with van der Waals surface area (Å²) in [6.45, 7) is 7.72. The monoisotopic (exact) mass is 391 g/mol. The molecule has 2 unspecified atom stereocenters. The van der Waals surface area contributed by atoms with Crippen molar-refractivity contribution in [3.63, 3.8) is 0 Å². The maximum absolute atomic E-state index is 13.8. The molecule has 0 aliphatic carbocycles. The van der Waals surface area contributed by atoms with Crippen LogP contribution in [0.1, 0.15) is 52.0 Å². The van der Waals surface area contributed by atoms with Crippen LogP contribution in [0.15, 0.2) is 18.2 Å². The summed E-state index contributed by atoms with van der Waals surface area (Å²) in [4.78, 5) is 18.8. The molecule has 0 bridgehead atoms. The van der Waals surface area contributed by atoms with Crippen molar-refractivity contribution in [2.75, 3.05) is 19.8 Å². The largest absolute Gasteiger partial charge is 0.622 e. The van der Waals surface area contributed by atoms with Gasteiger partial charge in [0.2, 0.25) is 0 Å². The molecule has 0 N–H and O–H groups in total. The van der Waals surface area contributed by atoms with E-state index in [-0.39, 0.29) is 12.6 Å². The molecule has 1 aromatic heterocycles. The van der Waals surface area contributed by atoms with Crippen LogP contribution < -0.4 is 4.65 Å². The molecule has 7 heteroatoms. The van der Waals surface area contributed by atoms with Crippen molar-refractivity contribution >= 4 is 32.7 Å². The Balaban J connectivity index is 1.91. The van der Waals surface area contributed by atoms with E-state index in [1.54, 1.807) is 0 Å². The summed E-state index contributed by atoms with van der Waals surface area (Å²) in [6.07, 6.45) is 3.34. The molecule has 0 amide bonds. The second-order valence-electron chi connectivity index (χ2n) is 7.26. The van der Waals surface area contributed by atoms with Gasteiger partial charge in [0.1, 0.15) is 6.67 Å². The molecule has 1 aliphatic heterocycles. The van der Waals surface area contributed by atoms with Crippen molar-refractivity contribution in [1.29, 1.82) is 0 Å². The second-order valence-corrected chi connectivity index (χ2v) is 8.27. The van der Waals surface area contributed by atoms with Crippen molar-refractivity contribution in [3.8, 4) is 0 Å². The van der Waals surface area contributed by atoms with Crippen LogP contribution in [-0.4, -0.2) is 41.8 Å². The van der Waals surface area contributed by atoms with Crippen LogP contribution in [0.2, 0.25) is 0 Å². The fourth-order valence-electron chi connectivity index (χ4n) is 3.56. The zero-order chi connectivity index (χ0) is 19.4. The van der Waals surface area contributed by atoms with Crippen LogP contribution in [0.25, 0.3) is 10.2 Å². The topological polar surface area (TPSA) is 65.5 Å². The van der Waals surface area contributed by atoms with Gasteiger partial charge in [-0.15, -0.1) is 0 Å². The summed E-state index contributed by atoms with van der Waals surface area (Å²) < 4.78 is 5.91. The first kappa shape index (κ1) is 20.2. The predicted octanol–water partition coefficient (Wildman–Crippen LogP) is 4.41. The lowest BCUT2D eigenvalue weighted by molar-refractivity contribution is -0.153. The number of fused-ring (bicyclic) bond motifs is 1. The molecular weight excluding hydrogens is 362 g/mol. The molecule has 2 heterocycles. The Kier molecular flexibility index (Phi) is 6.47. The van der Waals surface area contributed by atoms with Crippen LogP contribution in [0, 0.1) is 5.21 Å². The zero-order valence-corrected chi connectivity index (χ0v) is 17.3. The SMILES string of the molecule is CCCC(=O)OC1CN(CCC)C[N+]1([O-])c1nc2cc(CCC)ccc2s1. The van der Waals surface area contributed by atoms with Crippen molar-refractivity contribution < 1.29 is 9.53 Å². The van der Waals surface area contributed by atoms with Crippen LogP contribution in [0.4, 0.5) is 5.13 Å². The number of aromatic nitrogens is 1. The van der Waals surface area contributed by atoms with Crippen molar-refractivity contribution in [2.45, 2.75) is 59.1 Å². The number of ether oxygens (including phenoxy) is 1. The van der Waals surface area contributed by atoms with Crippen LogP contribution in [0.3, 0.4) is 0 Å². The number of carbonyl (C=O) groups excluding carboxylic acids is 1. The van der Waals surface area contributed by atoms with Crippen molar-refractivity contribution in [2.24, 2.45) is 0 Å². The number of hydroxylamine groups is 2. The molecule has 1 aromatic carbocycles. The highest BCUT2D eigenvalue weighted by Crippen LogP contribution is 2.38. The van der Waals surface area contributed by atoms with Gasteiger partial charge in [-0.2, -0.15) is 4.98 Å². The number of thiazole rings is 1. The molecule has 27 heavy (non-hydrogen) atoms. The second kappa shape index (κ2) is 8.65. The van der Waals surface area contributed by atoms with Gasteiger partial charge in [0.05, 0.1) is 16.8 Å². The lowest BCUT2D eigenvalue weighted by atomic mass is 10.1. The average Bonchev–Trinajstić information content (AvgIpc) is 3.18. The lowest BCUT2D eigenvalue weighted by Crippen LogP contribution is -2.50. The van der Waals surface area contributed by atoms with Gasteiger partial charge in [-0.05, 0) is 37.0 Å². The normalized spacial score (nSPS) is 23.2. The number of nitrogens with zero attached hydrogens (tertiary/aromatic N) is 3. The Hall–Kier alpha value is -1.54. The Morgan fingerprint density at radius 2 is 2.15 bits per heavy atom. The van der Waals surface area contributed by atoms with Crippen molar-refractivity contribution in [3.05, 3.63) is 29.0 Å². The zero-order valence-electron chi connectivity index (χ0n) is 16.4. The highest BCUT2D eigenvalue weighted by Gasteiger charge is 2.45. The molecular formula is C20H29N3O3S. The third-order valence-corrected chi connectivity index (χ3v) is 6.00. The third kappa shape index (κ3) is 4.32. The first-order valence-corrected chi connectivity index (χ1v) is 10.7. The van der Waals surface area contributed by atoms with E-state index < -0.39 is 10.9 Å². The Morgan fingerprint density at radius 3 is 2.85 bits per heavy atom. The van der Waals surface area contributed by atoms with E-state index in [2.05, 4.69) is 35.9 Å². The number of rotatable bonds is 8. The smallest absolute Gasteiger partial charge is 0.310 e. The molecule has 0 saturated carbocycles. The number of carbonyl (C=O) groups is 1. The van der Waals surface area contributed by atoms with Gasteiger partial charge in [-0.25, -0.2) is 4.90 Å². The molecule has 1 aliphatic rings. The van der Waals surface area contributed by atoms with Crippen LogP contribution in [0.5, 0.6) is 0 Å². The summed E-state index contributed by atoms with van der Waals surface area (Å²) in [5.41, 5.74) is 2.10. The highest BCUT2D eigenvalue weighted by molar-refractivity contribution is 7.22. The molecule has 6 nitrogen and oxygen atoms in total. The van der Waals surface area contributed by atoms with E-state index >= 15 is 0 Å². The maximum Gasteiger partial charge on any atom is 0.310 e. The van der Waals surface area contributed by atoms with Gasteiger partial charge < -0.3 is 9.94 Å².